The van der Waals surface area contributed by atoms with Gasteiger partial charge in [0.2, 0.25) is 11.9 Å². The number of anilines is 2. The molecule has 2 aromatic heterocycles. The molecule has 3 atom stereocenters. The summed E-state index contributed by atoms with van der Waals surface area (Å²) in [5.41, 5.74) is 4.31. The van der Waals surface area contributed by atoms with Crippen molar-refractivity contribution >= 4 is 17.5 Å². The van der Waals surface area contributed by atoms with Crippen molar-refractivity contribution in [3.8, 4) is 6.07 Å². The number of rotatable bonds is 7. The smallest absolute Gasteiger partial charge is 0.248 e. The van der Waals surface area contributed by atoms with Crippen molar-refractivity contribution in [2.45, 2.75) is 44.1 Å². The predicted molar refractivity (Wildman–Crippen MR) is 128 cm³/mol. The first kappa shape index (κ1) is 26.0. The Bertz CT molecular complexity index is 1280. The molecule has 1 saturated heterocycles. The van der Waals surface area contributed by atoms with Crippen molar-refractivity contribution in [2.75, 3.05) is 25.0 Å². The number of aliphatic hydroxyl groups excluding tert-OH is 2. The third kappa shape index (κ3) is 6.37. The summed E-state index contributed by atoms with van der Waals surface area (Å²) in [7, 11) is 1.73. The van der Waals surface area contributed by atoms with E-state index in [1.807, 2.05) is 0 Å². The summed E-state index contributed by atoms with van der Waals surface area (Å²) in [6, 6.07) is 2.09. The zero-order valence-electron chi connectivity index (χ0n) is 20.2. The van der Waals surface area contributed by atoms with E-state index >= 15 is 0 Å². The van der Waals surface area contributed by atoms with Crippen molar-refractivity contribution in [1.82, 2.24) is 29.6 Å². The van der Waals surface area contributed by atoms with Crippen molar-refractivity contribution < 1.29 is 24.1 Å². The molecule has 13 heteroatoms. The Balaban J connectivity index is 1.50. The van der Waals surface area contributed by atoms with Gasteiger partial charge in [0.15, 0.2) is 6.17 Å². The zero-order valence-corrected chi connectivity index (χ0v) is 20.2. The van der Waals surface area contributed by atoms with Gasteiger partial charge in [-0.25, -0.2) is 14.4 Å². The van der Waals surface area contributed by atoms with E-state index in [1.165, 1.54) is 11.2 Å². The first-order chi connectivity index (χ1) is 17.9. The summed E-state index contributed by atoms with van der Waals surface area (Å²) in [4.78, 5) is 25.9. The van der Waals surface area contributed by atoms with Crippen LogP contribution in [0.4, 0.5) is 16.0 Å². The third-order valence-corrected chi connectivity index (χ3v) is 6.04. The van der Waals surface area contributed by atoms with E-state index in [0.29, 0.717) is 35.0 Å². The zero-order chi connectivity index (χ0) is 26.4. The molecule has 2 aliphatic rings. The van der Waals surface area contributed by atoms with Crippen LogP contribution in [-0.2, 0) is 23.2 Å². The molecule has 3 N–H and O–H groups in total. The van der Waals surface area contributed by atoms with Gasteiger partial charge in [0.05, 0.1) is 30.2 Å². The number of hydrogen-bond acceptors (Lipinski definition) is 10. The lowest BCUT2D eigenvalue weighted by atomic mass is 9.99. The van der Waals surface area contributed by atoms with Crippen LogP contribution in [0.25, 0.3) is 0 Å². The summed E-state index contributed by atoms with van der Waals surface area (Å²) in [6.07, 6.45) is 5.20. The SMILES string of the molecule is Cn1cc(Nc2ncnc(C3C=C=C(C#N)C/C(O[C@H]4CCN(C(=O)CO)C[C@H]4F)=C\C3)n2)c(CO)n1. The Morgan fingerprint density at radius 1 is 1.41 bits per heavy atom. The number of nitrogens with zero attached hydrogens (tertiary/aromatic N) is 7. The molecule has 194 valence electrons. The van der Waals surface area contributed by atoms with E-state index in [9.17, 15) is 19.6 Å². The molecule has 1 unspecified atom stereocenters. The van der Waals surface area contributed by atoms with E-state index in [0.717, 1.165) is 0 Å². The minimum absolute atomic E-state index is 0.156. The second kappa shape index (κ2) is 11.7. The Hall–Kier alpha value is -4.11. The summed E-state index contributed by atoms with van der Waals surface area (Å²) in [5.74, 6) is 0.247. The molecule has 4 rings (SSSR count). The maximum Gasteiger partial charge on any atom is 0.248 e. The molecule has 1 aliphatic carbocycles. The summed E-state index contributed by atoms with van der Waals surface area (Å²) in [5, 5.41) is 35.3. The number of aliphatic hydroxyl groups is 2. The number of allylic oxidation sites excluding steroid dienone is 2. The predicted octanol–water partition coefficient (Wildman–Crippen LogP) is 1.16. The van der Waals surface area contributed by atoms with E-state index in [-0.39, 0.29) is 44.4 Å². The van der Waals surface area contributed by atoms with Gasteiger partial charge in [-0.1, -0.05) is 0 Å². The molecule has 0 aromatic carbocycles. The maximum absolute atomic E-state index is 14.8. The van der Waals surface area contributed by atoms with Gasteiger partial charge in [-0.05, 0) is 18.6 Å². The number of nitrogens with one attached hydrogen (secondary N) is 1. The molecule has 1 aliphatic heterocycles. The first-order valence-corrected chi connectivity index (χ1v) is 11.7. The van der Waals surface area contributed by atoms with Crippen LogP contribution in [0.3, 0.4) is 0 Å². The highest BCUT2D eigenvalue weighted by Crippen LogP contribution is 2.28. The number of likely N-dealkylation sites (tertiary alicyclic amines) is 1. The van der Waals surface area contributed by atoms with Crippen LogP contribution in [0.2, 0.25) is 0 Å². The molecule has 12 nitrogen and oxygen atoms in total. The Labute approximate surface area is 212 Å². The van der Waals surface area contributed by atoms with Gasteiger partial charge in [-0.2, -0.15) is 15.3 Å². The number of aryl methyl sites for hydroxylation is 1. The number of hydrogen-bond donors (Lipinski definition) is 3. The fourth-order valence-electron chi connectivity index (χ4n) is 4.13. The van der Waals surface area contributed by atoms with Gasteiger partial charge in [-0.3, -0.25) is 9.48 Å². The number of nitriles is 1. The largest absolute Gasteiger partial charge is 0.492 e. The number of halogens is 1. The van der Waals surface area contributed by atoms with Crippen LogP contribution in [-0.4, -0.2) is 77.7 Å². The minimum atomic E-state index is -1.43. The van der Waals surface area contributed by atoms with Crippen LogP contribution in [0.1, 0.15) is 36.7 Å². The Morgan fingerprint density at radius 3 is 2.97 bits per heavy atom. The molecule has 0 saturated carbocycles. The monoisotopic (exact) mass is 510 g/mol. The average Bonchev–Trinajstić information content (AvgIpc) is 3.25. The number of piperidine rings is 1. The maximum atomic E-state index is 14.8. The molecule has 1 fully saturated rings. The third-order valence-electron chi connectivity index (χ3n) is 6.04. The highest BCUT2D eigenvalue weighted by molar-refractivity contribution is 5.77. The lowest BCUT2D eigenvalue weighted by Crippen LogP contribution is -2.48. The van der Waals surface area contributed by atoms with Gasteiger partial charge in [0.25, 0.3) is 0 Å². The average molecular weight is 511 g/mol. The second-order valence-electron chi connectivity index (χ2n) is 8.66. The molecule has 2 aromatic rings. The molecule has 37 heavy (non-hydrogen) atoms. The fraction of sp³-hybridized carbons (Fsp3) is 0.458. The first-order valence-electron chi connectivity index (χ1n) is 11.7. The number of alkyl halides is 1. The molecule has 0 spiro atoms. The summed E-state index contributed by atoms with van der Waals surface area (Å²) < 4.78 is 22.3. The number of carbonyl (C=O) groups is 1. The lowest BCUT2D eigenvalue weighted by molar-refractivity contribution is -0.138. The molecular formula is C24H27FN8O4. The number of ether oxygens (including phenoxy) is 1. The van der Waals surface area contributed by atoms with Crippen LogP contribution in [0.5, 0.6) is 0 Å². The van der Waals surface area contributed by atoms with Gasteiger partial charge >= 0.3 is 0 Å². The number of amides is 1. The molecule has 1 amide bonds. The molecule has 3 heterocycles. The Kier molecular flexibility index (Phi) is 8.25. The van der Waals surface area contributed by atoms with E-state index in [4.69, 9.17) is 9.84 Å². The van der Waals surface area contributed by atoms with Gasteiger partial charge in [0, 0.05) is 38.5 Å². The van der Waals surface area contributed by atoms with E-state index in [2.05, 4.69) is 37.2 Å². The van der Waals surface area contributed by atoms with E-state index < -0.39 is 24.8 Å². The van der Waals surface area contributed by atoms with Crippen molar-refractivity contribution in [3.63, 3.8) is 0 Å². The van der Waals surface area contributed by atoms with Crippen molar-refractivity contribution in [2.24, 2.45) is 7.05 Å². The fourth-order valence-corrected chi connectivity index (χ4v) is 4.13. The molecule has 0 bridgehead atoms. The minimum Gasteiger partial charge on any atom is -0.492 e. The van der Waals surface area contributed by atoms with Crippen molar-refractivity contribution in [3.05, 3.63) is 53.3 Å². The van der Waals surface area contributed by atoms with Gasteiger partial charge in [0.1, 0.15) is 36.6 Å². The summed E-state index contributed by atoms with van der Waals surface area (Å²) in [6.45, 7) is -0.794. The van der Waals surface area contributed by atoms with E-state index in [1.54, 1.807) is 30.1 Å². The van der Waals surface area contributed by atoms with Crippen LogP contribution in [0.15, 0.2) is 41.7 Å². The quantitative estimate of drug-likeness (QED) is 0.461. The standard InChI is InChI=1S/C24H27FN8O4/c1-32-11-19(20(12-34)31-32)29-24-28-14-27-23(30-24)16-3-2-15(9-26)8-17(5-4-16)37-21-6-7-33(10-18(21)25)22(36)13-35/h3,5,11,14,16,18,21,34-35H,4,6-8,10,12-13H2,1H3,(H,27,28,29,30)/b17-5+/t2?,16?,18-,21+/m1/s1. The highest BCUT2D eigenvalue weighted by Gasteiger charge is 2.33. The van der Waals surface area contributed by atoms with Crippen LogP contribution < -0.4 is 5.32 Å². The van der Waals surface area contributed by atoms with Gasteiger partial charge < -0.3 is 25.2 Å². The highest BCUT2D eigenvalue weighted by atomic mass is 19.1. The number of carbonyl (C=O) groups excluding carboxylic acids is 1. The van der Waals surface area contributed by atoms with Crippen LogP contribution in [0, 0.1) is 11.3 Å². The van der Waals surface area contributed by atoms with Crippen LogP contribution >= 0.6 is 0 Å². The molecular weight excluding hydrogens is 483 g/mol. The molecule has 0 radical (unpaired) electrons. The second-order valence-corrected chi connectivity index (χ2v) is 8.66. The van der Waals surface area contributed by atoms with Gasteiger partial charge in [-0.15, -0.1) is 5.73 Å². The normalized spacial score (nSPS) is 23.2. The van der Waals surface area contributed by atoms with Crippen molar-refractivity contribution in [1.29, 1.82) is 5.26 Å². The Morgan fingerprint density at radius 2 is 2.24 bits per heavy atom. The lowest BCUT2D eigenvalue weighted by Gasteiger charge is -2.35. The topological polar surface area (TPSA) is 162 Å². The number of aromatic nitrogens is 5. The summed E-state index contributed by atoms with van der Waals surface area (Å²) >= 11 is 0.